The minimum atomic E-state index is 0.337. The molecule has 0 atom stereocenters. The summed E-state index contributed by atoms with van der Waals surface area (Å²) in [5, 5.41) is 5.29. The lowest BCUT2D eigenvalue weighted by Gasteiger charge is -2.22. The minimum Gasteiger partial charge on any atom is -0.352 e. The summed E-state index contributed by atoms with van der Waals surface area (Å²) >= 11 is 6.23. The second kappa shape index (κ2) is 9.75. The van der Waals surface area contributed by atoms with Crippen molar-refractivity contribution in [1.82, 2.24) is 14.5 Å². The number of halogens is 1. The topological polar surface area (TPSA) is 55.1 Å². The Hall–Kier alpha value is -3.70. The van der Waals surface area contributed by atoms with Gasteiger partial charge in [0.25, 0.3) is 0 Å². The lowest BCUT2D eigenvalue weighted by molar-refractivity contribution is 0.437. The third-order valence-electron chi connectivity index (χ3n) is 6.95. The highest BCUT2D eigenvalue weighted by Gasteiger charge is 2.18. The predicted molar refractivity (Wildman–Crippen MR) is 147 cm³/mol. The fraction of sp³-hybridized carbons (Fsp3) is 0.233. The molecule has 0 saturated heterocycles. The molecule has 3 aromatic rings. The van der Waals surface area contributed by atoms with E-state index in [4.69, 9.17) is 21.6 Å². The largest absolute Gasteiger partial charge is 0.352 e. The molecule has 6 heteroatoms. The SMILES string of the molecule is Cc1ncccc1Nc1cc2nc3ccccc3n(-c3ccc(Cl)cc3)c-2c/c1=N\C1CCCCC1. The van der Waals surface area contributed by atoms with Gasteiger partial charge in [-0.15, -0.1) is 0 Å². The number of benzene rings is 3. The molecule has 0 radical (unpaired) electrons. The molecule has 180 valence electrons. The van der Waals surface area contributed by atoms with Gasteiger partial charge in [0.15, 0.2) is 0 Å². The molecular formula is C30H28ClN5. The van der Waals surface area contributed by atoms with Gasteiger partial charge in [0, 0.05) is 16.9 Å². The first kappa shape index (κ1) is 22.7. The summed E-state index contributed by atoms with van der Waals surface area (Å²) in [6.07, 6.45) is 7.87. The van der Waals surface area contributed by atoms with E-state index in [1.807, 2.05) is 37.4 Å². The molecule has 0 spiro atoms. The van der Waals surface area contributed by atoms with Gasteiger partial charge in [-0.3, -0.25) is 9.98 Å². The molecule has 0 bridgehead atoms. The Bertz CT molecular complexity index is 1570. The van der Waals surface area contributed by atoms with E-state index in [2.05, 4.69) is 63.4 Å². The Morgan fingerprint density at radius 2 is 1.72 bits per heavy atom. The van der Waals surface area contributed by atoms with Crippen LogP contribution in [0, 0.1) is 6.92 Å². The van der Waals surface area contributed by atoms with E-state index >= 15 is 0 Å². The highest BCUT2D eigenvalue weighted by atomic mass is 35.5. The smallest absolute Gasteiger partial charge is 0.0900 e. The number of pyridine rings is 1. The number of hydrogen-bond acceptors (Lipinski definition) is 4. The molecule has 6 rings (SSSR count). The highest BCUT2D eigenvalue weighted by molar-refractivity contribution is 6.30. The summed E-state index contributed by atoms with van der Waals surface area (Å²) in [4.78, 5) is 14.8. The Balaban J connectivity index is 1.63. The van der Waals surface area contributed by atoms with E-state index < -0.39 is 0 Å². The number of hydrogen-bond donors (Lipinski definition) is 1. The Labute approximate surface area is 215 Å². The zero-order chi connectivity index (χ0) is 24.5. The first-order valence-electron chi connectivity index (χ1n) is 12.6. The highest BCUT2D eigenvalue weighted by Crippen LogP contribution is 2.31. The molecule has 36 heavy (non-hydrogen) atoms. The average molecular weight is 494 g/mol. The second-order valence-corrected chi connectivity index (χ2v) is 9.89. The number of para-hydroxylation sites is 2. The van der Waals surface area contributed by atoms with Gasteiger partial charge >= 0.3 is 0 Å². The minimum absolute atomic E-state index is 0.337. The number of aromatic nitrogens is 3. The monoisotopic (exact) mass is 493 g/mol. The lowest BCUT2D eigenvalue weighted by Crippen LogP contribution is -2.19. The summed E-state index contributed by atoms with van der Waals surface area (Å²) in [6, 6.07) is 24.9. The molecule has 1 fully saturated rings. The molecule has 2 aliphatic carbocycles. The van der Waals surface area contributed by atoms with Crippen molar-refractivity contribution in [1.29, 1.82) is 0 Å². The molecule has 1 saturated carbocycles. The van der Waals surface area contributed by atoms with Gasteiger partial charge in [0.1, 0.15) is 0 Å². The van der Waals surface area contributed by atoms with E-state index in [0.717, 1.165) is 63.4 Å². The van der Waals surface area contributed by atoms with Gasteiger partial charge in [0.05, 0.1) is 50.9 Å². The van der Waals surface area contributed by atoms with Crippen LogP contribution in [0.5, 0.6) is 0 Å². The van der Waals surface area contributed by atoms with Crippen molar-refractivity contribution in [3.05, 3.63) is 95.1 Å². The number of nitrogens with one attached hydrogen (secondary N) is 1. The Kier molecular flexibility index (Phi) is 6.16. The van der Waals surface area contributed by atoms with Gasteiger partial charge in [0.2, 0.25) is 0 Å². The van der Waals surface area contributed by atoms with Crippen LogP contribution in [-0.2, 0) is 0 Å². The van der Waals surface area contributed by atoms with Crippen LogP contribution in [0.2, 0.25) is 5.02 Å². The molecule has 3 aliphatic rings. The van der Waals surface area contributed by atoms with Crippen LogP contribution in [0.3, 0.4) is 0 Å². The predicted octanol–water partition coefficient (Wildman–Crippen LogP) is 7.46. The van der Waals surface area contributed by atoms with Crippen LogP contribution in [0.25, 0.3) is 28.1 Å². The van der Waals surface area contributed by atoms with Crippen LogP contribution < -0.4 is 10.7 Å². The van der Waals surface area contributed by atoms with Gasteiger partial charge in [-0.1, -0.05) is 43.0 Å². The quantitative estimate of drug-likeness (QED) is 0.264. The molecule has 1 aliphatic heterocycles. The van der Waals surface area contributed by atoms with Crippen molar-refractivity contribution in [3.8, 4) is 17.1 Å². The first-order chi connectivity index (χ1) is 17.7. The third-order valence-corrected chi connectivity index (χ3v) is 7.21. The fourth-order valence-corrected chi connectivity index (χ4v) is 5.21. The van der Waals surface area contributed by atoms with Crippen LogP contribution in [0.1, 0.15) is 37.8 Å². The van der Waals surface area contributed by atoms with Gasteiger partial charge < -0.3 is 9.88 Å². The van der Waals surface area contributed by atoms with Gasteiger partial charge in [-0.25, -0.2) is 4.98 Å². The van der Waals surface area contributed by atoms with E-state index in [1.54, 1.807) is 0 Å². The molecular weight excluding hydrogens is 466 g/mol. The van der Waals surface area contributed by atoms with Crippen LogP contribution in [0.15, 0.2) is 84.0 Å². The normalized spacial score (nSPS) is 15.0. The van der Waals surface area contributed by atoms with E-state index in [0.29, 0.717) is 11.1 Å². The summed E-state index contributed by atoms with van der Waals surface area (Å²) in [5.41, 5.74) is 7.80. The molecule has 2 aromatic carbocycles. The first-order valence-corrected chi connectivity index (χ1v) is 13.0. The van der Waals surface area contributed by atoms with Crippen molar-refractivity contribution in [3.63, 3.8) is 0 Å². The van der Waals surface area contributed by atoms with Crippen molar-refractivity contribution >= 4 is 34.0 Å². The fourth-order valence-electron chi connectivity index (χ4n) is 5.09. The van der Waals surface area contributed by atoms with Crippen LogP contribution in [-0.4, -0.2) is 20.6 Å². The number of fused-ring (bicyclic) bond motifs is 2. The number of aryl methyl sites for hydroxylation is 1. The summed E-state index contributed by atoms with van der Waals surface area (Å²) in [7, 11) is 0. The van der Waals surface area contributed by atoms with Crippen LogP contribution in [0.4, 0.5) is 11.4 Å². The zero-order valence-electron chi connectivity index (χ0n) is 20.3. The standard InChI is InChI=1S/C30H28ClN5/c1-20-24(11-7-17-32-20)34-26-18-28-30(19-27(26)33-22-8-3-2-4-9-22)36(23-15-13-21(31)14-16-23)29-12-6-5-10-25(29)35-28/h5-7,10-19,22,34H,2-4,8-9H2,1H3/b33-27+. The molecule has 0 unspecified atom stereocenters. The third kappa shape index (κ3) is 4.47. The molecule has 5 nitrogen and oxygen atoms in total. The van der Waals surface area contributed by atoms with E-state index in [-0.39, 0.29) is 0 Å². The summed E-state index contributed by atoms with van der Waals surface area (Å²) in [5.74, 6) is 0. The van der Waals surface area contributed by atoms with Crippen molar-refractivity contribution in [2.75, 3.05) is 5.32 Å². The lowest BCUT2D eigenvalue weighted by atomic mass is 9.96. The maximum atomic E-state index is 6.23. The maximum Gasteiger partial charge on any atom is 0.0900 e. The van der Waals surface area contributed by atoms with Crippen molar-refractivity contribution in [2.45, 2.75) is 45.1 Å². The van der Waals surface area contributed by atoms with Crippen molar-refractivity contribution in [2.24, 2.45) is 4.99 Å². The molecule has 1 N–H and O–H groups in total. The molecule has 2 heterocycles. The van der Waals surface area contributed by atoms with Gasteiger partial charge in [-0.2, -0.15) is 0 Å². The zero-order valence-corrected chi connectivity index (χ0v) is 21.0. The number of rotatable bonds is 4. The second-order valence-electron chi connectivity index (χ2n) is 9.45. The Morgan fingerprint density at radius 3 is 2.53 bits per heavy atom. The van der Waals surface area contributed by atoms with Crippen LogP contribution >= 0.6 is 11.6 Å². The van der Waals surface area contributed by atoms with Gasteiger partial charge in [-0.05, 0) is 80.4 Å². The summed E-state index contributed by atoms with van der Waals surface area (Å²) in [6.45, 7) is 2.02. The average Bonchev–Trinajstić information content (AvgIpc) is 2.90. The summed E-state index contributed by atoms with van der Waals surface area (Å²) < 4.78 is 2.26. The number of anilines is 2. The van der Waals surface area contributed by atoms with E-state index in [9.17, 15) is 0 Å². The molecule has 0 amide bonds. The van der Waals surface area contributed by atoms with Crippen molar-refractivity contribution < 1.29 is 0 Å². The number of nitrogens with zero attached hydrogens (tertiary/aromatic N) is 4. The molecule has 1 aromatic heterocycles. The Morgan fingerprint density at radius 1 is 0.917 bits per heavy atom. The maximum absolute atomic E-state index is 6.23. The van der Waals surface area contributed by atoms with E-state index in [1.165, 1.54) is 19.3 Å².